The van der Waals surface area contributed by atoms with E-state index in [0.717, 1.165) is 18.4 Å². The van der Waals surface area contributed by atoms with Crippen molar-refractivity contribution in [2.24, 2.45) is 11.8 Å². The molecule has 1 atom stereocenters. The van der Waals surface area contributed by atoms with Gasteiger partial charge in [-0.2, -0.15) is 4.31 Å². The van der Waals surface area contributed by atoms with Gasteiger partial charge in [-0.05, 0) is 62.8 Å². The molecule has 7 nitrogen and oxygen atoms in total. The number of rotatable bonds is 7. The molecule has 0 saturated carbocycles. The van der Waals surface area contributed by atoms with Gasteiger partial charge in [0.25, 0.3) is 5.91 Å². The van der Waals surface area contributed by atoms with E-state index in [-0.39, 0.29) is 23.3 Å². The summed E-state index contributed by atoms with van der Waals surface area (Å²) >= 11 is 0. The number of amides is 1. The number of ether oxygens (including phenoxy) is 1. The van der Waals surface area contributed by atoms with Gasteiger partial charge in [0.1, 0.15) is 0 Å². The highest BCUT2D eigenvalue weighted by molar-refractivity contribution is 7.89. The molecule has 168 valence electrons. The Hall–Kier alpha value is -1.93. The second kappa shape index (κ2) is 9.92. The Morgan fingerprint density at radius 3 is 2.37 bits per heavy atom. The van der Waals surface area contributed by atoms with Gasteiger partial charge in [-0.15, -0.1) is 0 Å². The van der Waals surface area contributed by atoms with E-state index >= 15 is 0 Å². The van der Waals surface area contributed by atoms with E-state index in [2.05, 4.69) is 6.92 Å². The summed E-state index contributed by atoms with van der Waals surface area (Å²) < 4.78 is 32.9. The minimum absolute atomic E-state index is 0.192. The zero-order chi connectivity index (χ0) is 22.6. The third-order valence-corrected chi connectivity index (χ3v) is 8.02. The maximum atomic E-state index is 13.3. The minimum Gasteiger partial charge on any atom is -0.469 e. The lowest BCUT2D eigenvalue weighted by molar-refractivity contribution is -0.145. The standard InChI is InChI=1S/C22H34N2O5S/c1-7-23(14-17(4)22(26)29-6)21(25)19-12-16(3)18(5)20(13-19)30(27,28)24-10-8-15(2)9-11-24/h12-13,15,17H,7-11,14H2,1-6H3. The highest BCUT2D eigenvalue weighted by atomic mass is 32.2. The summed E-state index contributed by atoms with van der Waals surface area (Å²) in [4.78, 5) is 26.6. The third kappa shape index (κ3) is 5.21. The van der Waals surface area contributed by atoms with Crippen LogP contribution in [-0.2, 0) is 19.6 Å². The lowest BCUT2D eigenvalue weighted by atomic mass is 10.0. The first-order valence-electron chi connectivity index (χ1n) is 10.5. The van der Waals surface area contributed by atoms with E-state index in [1.165, 1.54) is 17.5 Å². The Kier molecular flexibility index (Phi) is 8.05. The number of aryl methyl sites for hydroxylation is 1. The number of nitrogens with zero attached hydrogens (tertiary/aromatic N) is 2. The number of esters is 1. The van der Waals surface area contributed by atoms with Crippen molar-refractivity contribution in [1.82, 2.24) is 9.21 Å². The Bertz CT molecular complexity index is 889. The van der Waals surface area contributed by atoms with Gasteiger partial charge in [-0.1, -0.05) is 13.8 Å². The zero-order valence-corrected chi connectivity index (χ0v) is 19.7. The molecule has 0 bridgehead atoms. The fourth-order valence-corrected chi connectivity index (χ4v) is 5.52. The van der Waals surface area contributed by atoms with Crippen LogP contribution in [0.2, 0.25) is 0 Å². The maximum Gasteiger partial charge on any atom is 0.310 e. The molecule has 8 heteroatoms. The van der Waals surface area contributed by atoms with Gasteiger partial charge in [0.05, 0.1) is 17.9 Å². The van der Waals surface area contributed by atoms with Crippen molar-refractivity contribution in [3.05, 3.63) is 28.8 Å². The van der Waals surface area contributed by atoms with Gasteiger partial charge in [0, 0.05) is 31.7 Å². The summed E-state index contributed by atoms with van der Waals surface area (Å²) in [5, 5.41) is 0. The predicted octanol–water partition coefficient (Wildman–Crippen LogP) is 3.00. The number of carbonyl (C=O) groups is 2. The molecule has 1 aromatic rings. The summed E-state index contributed by atoms with van der Waals surface area (Å²) in [7, 11) is -2.36. The largest absolute Gasteiger partial charge is 0.469 e. The Morgan fingerprint density at radius 1 is 1.23 bits per heavy atom. The lowest BCUT2D eigenvalue weighted by Gasteiger charge is -2.30. The van der Waals surface area contributed by atoms with Gasteiger partial charge >= 0.3 is 5.97 Å². The molecule has 1 amide bonds. The normalized spacial score (nSPS) is 16.9. The maximum absolute atomic E-state index is 13.3. The van der Waals surface area contributed by atoms with Crippen molar-refractivity contribution in [2.45, 2.75) is 52.4 Å². The van der Waals surface area contributed by atoms with Gasteiger partial charge in [-0.3, -0.25) is 9.59 Å². The van der Waals surface area contributed by atoms with Gasteiger partial charge < -0.3 is 9.64 Å². The molecular formula is C22H34N2O5S. The van der Waals surface area contributed by atoms with Gasteiger partial charge in [0.15, 0.2) is 0 Å². The predicted molar refractivity (Wildman–Crippen MR) is 116 cm³/mol. The van der Waals surface area contributed by atoms with Crippen LogP contribution < -0.4 is 0 Å². The molecule has 1 saturated heterocycles. The second-order valence-electron chi connectivity index (χ2n) is 8.27. The molecule has 2 rings (SSSR count). The summed E-state index contributed by atoms with van der Waals surface area (Å²) in [6, 6.07) is 3.21. The van der Waals surface area contributed by atoms with Crippen molar-refractivity contribution in [3.8, 4) is 0 Å². The van der Waals surface area contributed by atoms with Gasteiger partial charge in [-0.25, -0.2) is 8.42 Å². The number of hydrogen-bond donors (Lipinski definition) is 0. The molecule has 0 aliphatic carbocycles. The fourth-order valence-electron chi connectivity index (χ4n) is 3.73. The van der Waals surface area contributed by atoms with Crippen LogP contribution in [0.4, 0.5) is 0 Å². The van der Waals surface area contributed by atoms with E-state index in [4.69, 9.17) is 4.74 Å². The molecule has 1 aliphatic rings. The third-order valence-electron chi connectivity index (χ3n) is 5.99. The highest BCUT2D eigenvalue weighted by Crippen LogP contribution is 2.28. The van der Waals surface area contributed by atoms with Crippen molar-refractivity contribution in [1.29, 1.82) is 0 Å². The molecule has 30 heavy (non-hydrogen) atoms. The van der Waals surface area contributed by atoms with Crippen molar-refractivity contribution in [3.63, 3.8) is 0 Å². The van der Waals surface area contributed by atoms with E-state index < -0.39 is 15.9 Å². The number of benzene rings is 1. The topological polar surface area (TPSA) is 84.0 Å². The van der Waals surface area contributed by atoms with Crippen LogP contribution in [-0.4, -0.2) is 62.8 Å². The molecule has 1 unspecified atom stereocenters. The molecule has 1 aliphatic heterocycles. The van der Waals surface area contributed by atoms with Crippen LogP contribution in [0.3, 0.4) is 0 Å². The summed E-state index contributed by atoms with van der Waals surface area (Å²) in [6.45, 7) is 10.9. The number of carbonyl (C=O) groups excluding carboxylic acids is 2. The SMILES string of the molecule is CCN(CC(C)C(=O)OC)C(=O)c1cc(C)c(C)c(S(=O)(=O)N2CCC(C)CC2)c1. The number of sulfonamides is 1. The number of methoxy groups -OCH3 is 1. The van der Waals surface area contributed by atoms with Crippen LogP contribution >= 0.6 is 0 Å². The van der Waals surface area contributed by atoms with Crippen LogP contribution in [0, 0.1) is 25.7 Å². The van der Waals surface area contributed by atoms with E-state index in [9.17, 15) is 18.0 Å². The molecule has 1 aromatic carbocycles. The minimum atomic E-state index is -3.68. The average molecular weight is 439 g/mol. The molecular weight excluding hydrogens is 404 g/mol. The molecule has 0 radical (unpaired) electrons. The first-order chi connectivity index (χ1) is 14.0. The Labute approximate surface area is 180 Å². The van der Waals surface area contributed by atoms with E-state index in [1.54, 1.807) is 24.8 Å². The Balaban J connectivity index is 2.37. The van der Waals surface area contributed by atoms with E-state index in [1.807, 2.05) is 13.8 Å². The summed E-state index contributed by atoms with van der Waals surface area (Å²) in [5.74, 6) is -0.630. The van der Waals surface area contributed by atoms with Gasteiger partial charge in [0.2, 0.25) is 10.0 Å². The summed E-state index contributed by atoms with van der Waals surface area (Å²) in [6.07, 6.45) is 1.68. The first-order valence-corrected chi connectivity index (χ1v) is 11.9. The molecule has 0 aromatic heterocycles. The van der Waals surface area contributed by atoms with Crippen LogP contribution in [0.15, 0.2) is 17.0 Å². The smallest absolute Gasteiger partial charge is 0.310 e. The molecule has 0 N–H and O–H groups in total. The number of piperidine rings is 1. The summed E-state index contributed by atoms with van der Waals surface area (Å²) in [5.41, 5.74) is 1.74. The molecule has 1 heterocycles. The molecule has 0 spiro atoms. The average Bonchev–Trinajstić information content (AvgIpc) is 2.72. The van der Waals surface area contributed by atoms with E-state index in [0.29, 0.717) is 36.7 Å². The lowest BCUT2D eigenvalue weighted by Crippen LogP contribution is -2.39. The van der Waals surface area contributed by atoms with Crippen molar-refractivity contribution < 1.29 is 22.7 Å². The molecule has 1 fully saturated rings. The fraction of sp³-hybridized carbons (Fsp3) is 0.636. The number of hydrogen-bond acceptors (Lipinski definition) is 5. The first kappa shape index (κ1) is 24.3. The highest BCUT2D eigenvalue weighted by Gasteiger charge is 2.31. The van der Waals surface area contributed by atoms with Crippen molar-refractivity contribution >= 4 is 21.9 Å². The van der Waals surface area contributed by atoms with Crippen LogP contribution in [0.25, 0.3) is 0 Å². The zero-order valence-electron chi connectivity index (χ0n) is 18.9. The Morgan fingerprint density at radius 2 is 1.83 bits per heavy atom. The van der Waals surface area contributed by atoms with Crippen LogP contribution in [0.5, 0.6) is 0 Å². The monoisotopic (exact) mass is 438 g/mol. The van der Waals surface area contributed by atoms with Crippen molar-refractivity contribution in [2.75, 3.05) is 33.3 Å². The van der Waals surface area contributed by atoms with Crippen LogP contribution in [0.1, 0.15) is 55.1 Å². The quantitative estimate of drug-likeness (QED) is 0.611. The second-order valence-corrected chi connectivity index (χ2v) is 10.2.